The number of hydrogen-bond donors (Lipinski definition) is 0. The smallest absolute Gasteiger partial charge is 0.185 e. The third-order valence-electron chi connectivity index (χ3n) is 2.54. The molecule has 5 heteroatoms. The van der Waals surface area contributed by atoms with Crippen molar-refractivity contribution in [2.75, 3.05) is 0 Å². The van der Waals surface area contributed by atoms with E-state index < -0.39 is 8.07 Å². The third kappa shape index (κ3) is 3.28. The first-order chi connectivity index (χ1) is 6.95. The average Bonchev–Trinajstić information content (AvgIpc) is 2.59. The number of imidazole rings is 1. The molecule has 1 atom stereocenters. The van der Waals surface area contributed by atoms with E-state index in [1.165, 1.54) is 0 Å². The van der Waals surface area contributed by atoms with Gasteiger partial charge in [0.25, 0.3) is 0 Å². The SMILES string of the molecule is CC(OCn1ccnc1C=O)[Si](C)(C)C. The van der Waals surface area contributed by atoms with E-state index in [1.807, 2.05) is 0 Å². The first-order valence-electron chi connectivity index (χ1n) is 5.03. The lowest BCUT2D eigenvalue weighted by molar-refractivity contribution is 0.0547. The van der Waals surface area contributed by atoms with Crippen LogP contribution in [0.3, 0.4) is 0 Å². The molecule has 1 aromatic heterocycles. The standard InChI is InChI=1S/C10H18N2O2Si/c1-9(15(2,3)4)14-8-12-6-5-11-10(12)7-13/h5-7,9H,8H2,1-4H3. The normalized spacial score (nSPS) is 13.9. The minimum atomic E-state index is -1.27. The van der Waals surface area contributed by atoms with Crippen molar-refractivity contribution in [3.8, 4) is 0 Å². The van der Waals surface area contributed by atoms with Crippen LogP contribution in [0.15, 0.2) is 12.4 Å². The van der Waals surface area contributed by atoms with E-state index in [4.69, 9.17) is 4.74 Å². The topological polar surface area (TPSA) is 44.1 Å². The van der Waals surface area contributed by atoms with Gasteiger partial charge >= 0.3 is 0 Å². The fourth-order valence-electron chi connectivity index (χ4n) is 0.990. The molecule has 0 radical (unpaired) electrons. The number of carbonyl (C=O) groups is 1. The Morgan fingerprint density at radius 1 is 1.60 bits per heavy atom. The number of aldehydes is 1. The van der Waals surface area contributed by atoms with Gasteiger partial charge in [0.2, 0.25) is 0 Å². The maximum absolute atomic E-state index is 10.6. The Balaban J connectivity index is 2.54. The molecule has 1 unspecified atom stereocenters. The summed E-state index contributed by atoms with van der Waals surface area (Å²) >= 11 is 0. The van der Waals surface area contributed by atoms with Crippen LogP contribution in [0.1, 0.15) is 17.5 Å². The van der Waals surface area contributed by atoms with Crippen LogP contribution in [0.25, 0.3) is 0 Å². The van der Waals surface area contributed by atoms with Crippen LogP contribution < -0.4 is 0 Å². The zero-order chi connectivity index (χ0) is 11.5. The van der Waals surface area contributed by atoms with E-state index in [2.05, 4.69) is 31.5 Å². The molecule has 0 aromatic carbocycles. The van der Waals surface area contributed by atoms with Crippen LogP contribution in [0.4, 0.5) is 0 Å². The van der Waals surface area contributed by atoms with Crippen molar-refractivity contribution in [2.45, 2.75) is 39.0 Å². The minimum Gasteiger partial charge on any atom is -0.361 e. The second-order valence-electron chi connectivity index (χ2n) is 4.68. The molecule has 0 spiro atoms. The van der Waals surface area contributed by atoms with Crippen LogP contribution in [-0.4, -0.2) is 29.6 Å². The van der Waals surface area contributed by atoms with Crippen LogP contribution in [-0.2, 0) is 11.5 Å². The molecule has 0 amide bonds. The van der Waals surface area contributed by atoms with Crippen molar-refractivity contribution in [3.63, 3.8) is 0 Å². The summed E-state index contributed by atoms with van der Waals surface area (Å²) in [5.41, 5.74) is 0.263. The summed E-state index contributed by atoms with van der Waals surface area (Å²) in [6.45, 7) is 9.26. The molecule has 0 saturated carbocycles. The lowest BCUT2D eigenvalue weighted by Gasteiger charge is -2.25. The molecule has 0 aliphatic heterocycles. The molecule has 1 aromatic rings. The molecule has 0 N–H and O–H groups in total. The summed E-state index contributed by atoms with van der Waals surface area (Å²) in [7, 11) is -1.27. The monoisotopic (exact) mass is 226 g/mol. The van der Waals surface area contributed by atoms with Crippen LogP contribution in [0.5, 0.6) is 0 Å². The fourth-order valence-corrected chi connectivity index (χ4v) is 1.56. The Morgan fingerprint density at radius 2 is 2.27 bits per heavy atom. The van der Waals surface area contributed by atoms with Gasteiger partial charge in [0.05, 0.1) is 8.07 Å². The van der Waals surface area contributed by atoms with Gasteiger partial charge in [-0.3, -0.25) is 4.79 Å². The largest absolute Gasteiger partial charge is 0.361 e. The summed E-state index contributed by atoms with van der Waals surface area (Å²) in [5, 5.41) is 0. The Kier molecular flexibility index (Phi) is 3.81. The molecule has 15 heavy (non-hydrogen) atoms. The van der Waals surface area contributed by atoms with E-state index in [-0.39, 0.29) is 5.73 Å². The molecule has 4 nitrogen and oxygen atoms in total. The first-order valence-corrected chi connectivity index (χ1v) is 8.61. The van der Waals surface area contributed by atoms with Crippen LogP contribution in [0, 0.1) is 0 Å². The lowest BCUT2D eigenvalue weighted by Crippen LogP contribution is -2.38. The molecule has 1 rings (SSSR count). The first kappa shape index (κ1) is 12.1. The second-order valence-corrected chi connectivity index (χ2v) is 10.2. The number of nitrogens with zero attached hydrogens (tertiary/aromatic N) is 2. The average molecular weight is 226 g/mol. The highest BCUT2D eigenvalue weighted by Gasteiger charge is 2.23. The number of carbonyl (C=O) groups excluding carboxylic acids is 1. The van der Waals surface area contributed by atoms with Crippen molar-refractivity contribution >= 4 is 14.4 Å². The Morgan fingerprint density at radius 3 is 2.80 bits per heavy atom. The predicted octanol–water partition coefficient (Wildman–Crippen LogP) is 1.94. The number of aromatic nitrogens is 2. The number of rotatable bonds is 5. The zero-order valence-electron chi connectivity index (χ0n) is 9.73. The highest BCUT2D eigenvalue weighted by atomic mass is 28.3. The van der Waals surface area contributed by atoms with E-state index in [1.54, 1.807) is 17.0 Å². The molecule has 0 saturated heterocycles. The van der Waals surface area contributed by atoms with Gasteiger partial charge in [0.1, 0.15) is 6.73 Å². The second kappa shape index (κ2) is 4.72. The van der Waals surface area contributed by atoms with Gasteiger partial charge < -0.3 is 9.30 Å². The van der Waals surface area contributed by atoms with Crippen molar-refractivity contribution in [3.05, 3.63) is 18.2 Å². The third-order valence-corrected chi connectivity index (χ3v) is 5.14. The van der Waals surface area contributed by atoms with E-state index in [0.29, 0.717) is 12.6 Å². The van der Waals surface area contributed by atoms with Gasteiger partial charge in [0.15, 0.2) is 12.1 Å². The summed E-state index contributed by atoms with van der Waals surface area (Å²) in [6, 6.07) is 0. The highest BCUT2D eigenvalue weighted by molar-refractivity contribution is 6.77. The molecule has 0 aliphatic rings. The van der Waals surface area contributed by atoms with Crippen LogP contribution in [0.2, 0.25) is 19.6 Å². The lowest BCUT2D eigenvalue weighted by atomic mass is 10.7. The highest BCUT2D eigenvalue weighted by Crippen LogP contribution is 2.11. The molecule has 0 bridgehead atoms. The predicted molar refractivity (Wildman–Crippen MR) is 61.5 cm³/mol. The van der Waals surface area contributed by atoms with Gasteiger partial charge in [-0.2, -0.15) is 0 Å². The van der Waals surface area contributed by atoms with Crippen molar-refractivity contribution < 1.29 is 9.53 Å². The van der Waals surface area contributed by atoms with Gasteiger partial charge in [-0.1, -0.05) is 19.6 Å². The molecule has 0 fully saturated rings. The maximum atomic E-state index is 10.6. The molecule has 84 valence electrons. The maximum Gasteiger partial charge on any atom is 0.185 e. The van der Waals surface area contributed by atoms with E-state index in [9.17, 15) is 4.79 Å². The summed E-state index contributed by atoms with van der Waals surface area (Å²) in [5.74, 6) is 0.415. The van der Waals surface area contributed by atoms with Crippen molar-refractivity contribution in [1.29, 1.82) is 0 Å². The Bertz CT molecular complexity index is 330. The summed E-state index contributed by atoms with van der Waals surface area (Å²) < 4.78 is 7.43. The van der Waals surface area contributed by atoms with E-state index in [0.717, 1.165) is 6.29 Å². The number of hydrogen-bond acceptors (Lipinski definition) is 3. The van der Waals surface area contributed by atoms with Gasteiger partial charge in [-0.15, -0.1) is 0 Å². The van der Waals surface area contributed by atoms with Gasteiger partial charge in [0, 0.05) is 18.1 Å². The summed E-state index contributed by atoms with van der Waals surface area (Å²) in [6.07, 6.45) is 4.09. The Hall–Kier alpha value is -0.943. The number of ether oxygens (including phenoxy) is 1. The van der Waals surface area contributed by atoms with Crippen molar-refractivity contribution in [2.24, 2.45) is 0 Å². The van der Waals surface area contributed by atoms with Crippen LogP contribution >= 0.6 is 0 Å². The Labute approximate surface area is 91.3 Å². The fraction of sp³-hybridized carbons (Fsp3) is 0.600. The van der Waals surface area contributed by atoms with Gasteiger partial charge in [-0.25, -0.2) is 4.98 Å². The van der Waals surface area contributed by atoms with Crippen molar-refractivity contribution in [1.82, 2.24) is 9.55 Å². The molecular formula is C10H18N2O2Si. The molecule has 1 heterocycles. The van der Waals surface area contributed by atoms with E-state index >= 15 is 0 Å². The molecule has 0 aliphatic carbocycles. The van der Waals surface area contributed by atoms with Gasteiger partial charge in [-0.05, 0) is 6.92 Å². The zero-order valence-corrected chi connectivity index (χ0v) is 10.7. The molecular weight excluding hydrogens is 208 g/mol. The quantitative estimate of drug-likeness (QED) is 0.569. The minimum absolute atomic E-state index is 0.263. The summed E-state index contributed by atoms with van der Waals surface area (Å²) in [4.78, 5) is 14.5.